The molecule has 3 N–H and O–H groups in total. The van der Waals surface area contributed by atoms with Gasteiger partial charge in [-0.05, 0) is 25.1 Å². The first-order valence-corrected chi connectivity index (χ1v) is 8.09. The maximum absolute atomic E-state index is 8.83. The first-order valence-electron chi connectivity index (χ1n) is 6.01. The van der Waals surface area contributed by atoms with Crippen LogP contribution in [0.3, 0.4) is 0 Å². The summed E-state index contributed by atoms with van der Waals surface area (Å²) in [4.78, 5) is 0. The van der Waals surface area contributed by atoms with Crippen molar-refractivity contribution >= 4 is 39.5 Å². The first kappa shape index (κ1) is 17.2. The number of benzene rings is 1. The quantitative estimate of drug-likeness (QED) is 0.414. The van der Waals surface area contributed by atoms with Crippen molar-refractivity contribution in [3.8, 4) is 0 Å². The van der Waals surface area contributed by atoms with Crippen molar-refractivity contribution in [1.29, 1.82) is 0 Å². The molecule has 8 heteroatoms. The van der Waals surface area contributed by atoms with Crippen LogP contribution in [0.5, 0.6) is 0 Å². The van der Waals surface area contributed by atoms with E-state index in [0.29, 0.717) is 10.0 Å². The third kappa shape index (κ3) is 4.18. The molecule has 0 spiro atoms. The SMILES string of the molecule is Cc1c2cc(Cl)cc(Cl)c2c[n+]2ccccc12.[O-][Cl+](O)(O)O. The van der Waals surface area contributed by atoms with Gasteiger partial charge in [0.1, 0.15) is 0 Å². The molecule has 0 radical (unpaired) electrons. The monoisotopic (exact) mass is 364 g/mol. The average Bonchev–Trinajstić information content (AvgIpc) is 2.39. The number of nitrogens with zero attached hydrogens (tertiary/aromatic N) is 1. The van der Waals surface area contributed by atoms with Crippen LogP contribution >= 0.6 is 23.2 Å². The van der Waals surface area contributed by atoms with Crippen molar-refractivity contribution in [2.75, 3.05) is 0 Å². The fourth-order valence-electron chi connectivity index (χ4n) is 2.19. The van der Waals surface area contributed by atoms with Gasteiger partial charge in [-0.3, -0.25) is 0 Å². The zero-order chi connectivity index (χ0) is 16.5. The molecule has 118 valence electrons. The van der Waals surface area contributed by atoms with E-state index in [1.54, 1.807) is 6.07 Å². The summed E-state index contributed by atoms with van der Waals surface area (Å²) in [7, 11) is -4.19. The standard InChI is InChI=1S/C14H10Cl2N.ClH3O4/c1-9-11-6-10(15)7-13(16)12(11)8-17-5-3-2-4-14(9)17;2-1(3,4)5/h2-8H,1H3;2-4H/q+1;. The number of hydrogen-bond donors (Lipinski definition) is 3. The van der Waals surface area contributed by atoms with Crippen molar-refractivity contribution in [2.45, 2.75) is 6.92 Å². The molecule has 2 heterocycles. The minimum absolute atomic E-state index is 0.672. The Morgan fingerprint density at radius 2 is 1.73 bits per heavy atom. The molecule has 0 aliphatic heterocycles. The molecule has 0 amide bonds. The normalized spacial score (nSPS) is 12.1. The molecule has 0 aliphatic rings. The van der Waals surface area contributed by atoms with Crippen LogP contribution in [-0.4, -0.2) is 14.0 Å². The van der Waals surface area contributed by atoms with E-state index in [4.69, 9.17) is 41.8 Å². The van der Waals surface area contributed by atoms with Crippen LogP contribution in [0.25, 0.3) is 16.3 Å². The van der Waals surface area contributed by atoms with Crippen molar-refractivity contribution in [2.24, 2.45) is 0 Å². The Kier molecular flexibility index (Phi) is 5.09. The molecule has 0 saturated heterocycles. The van der Waals surface area contributed by atoms with Gasteiger partial charge in [-0.25, -0.2) is 0 Å². The zero-order valence-corrected chi connectivity index (χ0v) is 13.6. The van der Waals surface area contributed by atoms with E-state index in [1.165, 1.54) is 11.1 Å². The molecule has 3 aromatic rings. The number of fused-ring (bicyclic) bond motifs is 2. The fourth-order valence-corrected chi connectivity index (χ4v) is 2.73. The van der Waals surface area contributed by atoms with Crippen LogP contribution in [0, 0.1) is 17.2 Å². The van der Waals surface area contributed by atoms with Crippen LogP contribution in [0.2, 0.25) is 10.0 Å². The second-order valence-electron chi connectivity index (χ2n) is 4.53. The molecule has 0 atom stereocenters. The predicted molar refractivity (Wildman–Crippen MR) is 78.5 cm³/mol. The number of rotatable bonds is 0. The van der Waals surface area contributed by atoms with Crippen LogP contribution in [0.15, 0.2) is 42.7 Å². The molecule has 3 rings (SSSR count). The molecule has 0 unspecified atom stereocenters. The second kappa shape index (κ2) is 6.52. The van der Waals surface area contributed by atoms with E-state index >= 15 is 0 Å². The molecule has 22 heavy (non-hydrogen) atoms. The molecule has 5 nitrogen and oxygen atoms in total. The van der Waals surface area contributed by atoms with Gasteiger partial charge in [-0.2, -0.15) is 4.40 Å². The molecular weight excluding hydrogens is 353 g/mol. The van der Waals surface area contributed by atoms with E-state index in [2.05, 4.69) is 17.4 Å². The van der Waals surface area contributed by atoms with Gasteiger partial charge in [-0.1, -0.05) is 23.2 Å². The van der Waals surface area contributed by atoms with Gasteiger partial charge in [0.05, 0.1) is 10.4 Å². The Labute approximate surface area is 138 Å². The molecule has 0 fully saturated rings. The van der Waals surface area contributed by atoms with Crippen molar-refractivity contribution < 1.29 is 33.3 Å². The number of aromatic nitrogens is 1. The summed E-state index contributed by atoms with van der Waals surface area (Å²) in [6.07, 6.45) is 4.06. The van der Waals surface area contributed by atoms with Gasteiger partial charge in [-0.15, -0.1) is 0 Å². The van der Waals surface area contributed by atoms with E-state index in [1.807, 2.05) is 30.6 Å². The fraction of sp³-hybridized carbons (Fsp3) is 0.0714. The van der Waals surface area contributed by atoms with E-state index in [-0.39, 0.29) is 0 Å². The third-order valence-electron chi connectivity index (χ3n) is 3.04. The van der Waals surface area contributed by atoms with E-state index < -0.39 is 10.2 Å². The summed E-state index contributed by atoms with van der Waals surface area (Å²) in [5.41, 5.74) is 2.35. The van der Waals surface area contributed by atoms with Gasteiger partial charge in [0.25, 0.3) is 0 Å². The number of halogens is 3. The zero-order valence-electron chi connectivity index (χ0n) is 11.4. The molecule has 2 aromatic heterocycles. The Balaban J connectivity index is 0.000000309. The summed E-state index contributed by atoms with van der Waals surface area (Å²) >= 11 is 12.3. The van der Waals surface area contributed by atoms with E-state index in [0.717, 1.165) is 10.8 Å². The summed E-state index contributed by atoms with van der Waals surface area (Å²) in [5, 5.41) is 3.49. The Morgan fingerprint density at radius 3 is 2.36 bits per heavy atom. The Morgan fingerprint density at radius 1 is 1.09 bits per heavy atom. The molecule has 1 aromatic carbocycles. The molecule has 0 bridgehead atoms. The van der Waals surface area contributed by atoms with Gasteiger partial charge in [0.2, 0.25) is 5.52 Å². The topological polar surface area (TPSA) is 87.9 Å². The Bertz CT molecular complexity index is 828. The first-order chi connectivity index (χ1) is 10.2. The maximum atomic E-state index is 8.83. The predicted octanol–water partition coefficient (Wildman–Crippen LogP) is 1.33. The molecule has 0 saturated carbocycles. The average molecular weight is 366 g/mol. The third-order valence-corrected chi connectivity index (χ3v) is 3.57. The molecule has 0 aliphatic carbocycles. The van der Waals surface area contributed by atoms with Crippen molar-refractivity contribution in [3.63, 3.8) is 0 Å². The van der Waals surface area contributed by atoms with Gasteiger partial charge in [0, 0.05) is 28.1 Å². The van der Waals surface area contributed by atoms with Crippen LogP contribution in [0.4, 0.5) is 0 Å². The van der Waals surface area contributed by atoms with Gasteiger partial charge >= 0.3 is 28.9 Å². The van der Waals surface area contributed by atoms with Crippen molar-refractivity contribution in [1.82, 2.24) is 0 Å². The summed E-state index contributed by atoms with van der Waals surface area (Å²) in [6, 6.07) is 9.86. The van der Waals surface area contributed by atoms with Crippen LogP contribution in [-0.2, 0) is 0 Å². The summed E-state index contributed by atoms with van der Waals surface area (Å²) in [5.74, 6) is 0. The van der Waals surface area contributed by atoms with Crippen LogP contribution < -0.4 is 9.06 Å². The van der Waals surface area contributed by atoms with E-state index in [9.17, 15) is 0 Å². The number of pyridine rings is 2. The summed E-state index contributed by atoms with van der Waals surface area (Å²) < 4.78 is 32.3. The Hall–Kier alpha value is -1.18. The number of aryl methyl sites for hydroxylation is 1. The van der Waals surface area contributed by atoms with Crippen molar-refractivity contribution in [3.05, 3.63) is 58.3 Å². The minimum atomic E-state index is -4.19. The number of hydrogen-bond acceptors (Lipinski definition) is 4. The van der Waals surface area contributed by atoms with Gasteiger partial charge in [0.15, 0.2) is 12.4 Å². The summed E-state index contributed by atoms with van der Waals surface area (Å²) in [6.45, 7) is 2.09. The van der Waals surface area contributed by atoms with Crippen LogP contribution in [0.1, 0.15) is 5.56 Å². The second-order valence-corrected chi connectivity index (χ2v) is 6.24. The molecular formula is C14H13Cl3NO4+. The van der Waals surface area contributed by atoms with Gasteiger partial charge < -0.3 is 0 Å².